The number of hydrogen-bond acceptors (Lipinski definition) is 6. The standard InChI is InChI=1S/C14H16N4O2/c1-9-7-18(8-10(9)14(19)20-2)12-4-3-11-13(17-12)16-6-5-15-11/h3-6,9-10H,7-8H2,1-2H3. The molecule has 6 heteroatoms. The quantitative estimate of drug-likeness (QED) is 0.767. The van der Waals surface area contributed by atoms with Crippen LogP contribution in [0.3, 0.4) is 0 Å². The van der Waals surface area contributed by atoms with Crippen LogP contribution >= 0.6 is 0 Å². The molecule has 0 radical (unpaired) electrons. The van der Waals surface area contributed by atoms with Crippen LogP contribution in [-0.4, -0.2) is 41.1 Å². The molecular formula is C14H16N4O2. The molecule has 0 aromatic carbocycles. The van der Waals surface area contributed by atoms with Crippen LogP contribution in [0.2, 0.25) is 0 Å². The Bertz CT molecular complexity index is 646. The van der Waals surface area contributed by atoms with E-state index >= 15 is 0 Å². The Morgan fingerprint density at radius 3 is 2.90 bits per heavy atom. The van der Waals surface area contributed by atoms with Crippen molar-refractivity contribution in [3.63, 3.8) is 0 Å². The van der Waals surface area contributed by atoms with Gasteiger partial charge in [0.15, 0.2) is 5.65 Å². The highest BCUT2D eigenvalue weighted by Gasteiger charge is 2.36. The number of pyridine rings is 1. The van der Waals surface area contributed by atoms with Crippen LogP contribution in [-0.2, 0) is 9.53 Å². The maximum Gasteiger partial charge on any atom is 0.310 e. The fourth-order valence-corrected chi connectivity index (χ4v) is 2.63. The number of carbonyl (C=O) groups excluding carboxylic acids is 1. The summed E-state index contributed by atoms with van der Waals surface area (Å²) in [5.74, 6) is 0.831. The number of rotatable bonds is 2. The summed E-state index contributed by atoms with van der Waals surface area (Å²) in [6.45, 7) is 3.48. The Kier molecular flexibility index (Phi) is 3.22. The van der Waals surface area contributed by atoms with Crippen LogP contribution in [0.5, 0.6) is 0 Å². The highest BCUT2D eigenvalue weighted by atomic mass is 16.5. The van der Waals surface area contributed by atoms with Crippen molar-refractivity contribution in [2.24, 2.45) is 11.8 Å². The minimum absolute atomic E-state index is 0.0978. The van der Waals surface area contributed by atoms with Crippen LogP contribution in [0, 0.1) is 11.8 Å². The van der Waals surface area contributed by atoms with E-state index in [-0.39, 0.29) is 17.8 Å². The highest BCUT2D eigenvalue weighted by Crippen LogP contribution is 2.28. The second-order valence-electron chi connectivity index (χ2n) is 5.08. The van der Waals surface area contributed by atoms with Crippen LogP contribution < -0.4 is 4.90 Å². The van der Waals surface area contributed by atoms with Crippen molar-refractivity contribution in [3.05, 3.63) is 24.5 Å². The van der Waals surface area contributed by atoms with E-state index < -0.39 is 0 Å². The Balaban J connectivity index is 1.87. The number of esters is 1. The number of nitrogens with zero attached hydrogens (tertiary/aromatic N) is 4. The Morgan fingerprint density at radius 1 is 1.30 bits per heavy atom. The second-order valence-corrected chi connectivity index (χ2v) is 5.08. The zero-order valence-electron chi connectivity index (χ0n) is 11.5. The van der Waals surface area contributed by atoms with E-state index in [1.54, 1.807) is 12.4 Å². The average Bonchev–Trinajstić information content (AvgIpc) is 2.88. The molecule has 0 N–H and O–H groups in total. The monoisotopic (exact) mass is 272 g/mol. The molecule has 104 valence electrons. The summed E-state index contributed by atoms with van der Waals surface area (Å²) in [4.78, 5) is 26.7. The van der Waals surface area contributed by atoms with Gasteiger partial charge in [-0.2, -0.15) is 0 Å². The molecule has 1 aliphatic rings. The number of ether oxygens (including phenoxy) is 1. The third-order valence-electron chi connectivity index (χ3n) is 3.76. The number of anilines is 1. The first-order valence-corrected chi connectivity index (χ1v) is 6.59. The van der Waals surface area contributed by atoms with Gasteiger partial charge in [0.05, 0.1) is 13.0 Å². The molecule has 2 atom stereocenters. The van der Waals surface area contributed by atoms with Gasteiger partial charge in [0.1, 0.15) is 11.3 Å². The number of fused-ring (bicyclic) bond motifs is 1. The summed E-state index contributed by atoms with van der Waals surface area (Å²) in [5, 5.41) is 0. The summed E-state index contributed by atoms with van der Waals surface area (Å²) >= 11 is 0. The maximum atomic E-state index is 11.7. The largest absolute Gasteiger partial charge is 0.469 e. The van der Waals surface area contributed by atoms with Crippen LogP contribution in [0.25, 0.3) is 11.2 Å². The number of aromatic nitrogens is 3. The van der Waals surface area contributed by atoms with E-state index in [0.717, 1.165) is 17.9 Å². The zero-order valence-corrected chi connectivity index (χ0v) is 11.5. The second kappa shape index (κ2) is 5.03. The van der Waals surface area contributed by atoms with Gasteiger partial charge in [-0.1, -0.05) is 6.92 Å². The van der Waals surface area contributed by atoms with E-state index in [0.29, 0.717) is 12.2 Å². The van der Waals surface area contributed by atoms with Gasteiger partial charge in [0.25, 0.3) is 0 Å². The van der Waals surface area contributed by atoms with Gasteiger partial charge in [0, 0.05) is 25.5 Å². The van der Waals surface area contributed by atoms with Gasteiger partial charge in [-0.05, 0) is 18.1 Å². The molecular weight excluding hydrogens is 256 g/mol. The summed E-state index contributed by atoms with van der Waals surface area (Å²) in [7, 11) is 1.43. The molecule has 0 aliphatic carbocycles. The van der Waals surface area contributed by atoms with Gasteiger partial charge < -0.3 is 9.64 Å². The first kappa shape index (κ1) is 12.8. The topological polar surface area (TPSA) is 68.2 Å². The summed E-state index contributed by atoms with van der Waals surface area (Å²) < 4.78 is 4.85. The predicted molar refractivity (Wildman–Crippen MR) is 74.2 cm³/mol. The summed E-state index contributed by atoms with van der Waals surface area (Å²) in [6.07, 6.45) is 3.28. The molecule has 0 saturated carbocycles. The summed E-state index contributed by atoms with van der Waals surface area (Å²) in [6, 6.07) is 3.82. The van der Waals surface area contributed by atoms with E-state index in [9.17, 15) is 4.79 Å². The first-order valence-electron chi connectivity index (χ1n) is 6.59. The lowest BCUT2D eigenvalue weighted by Gasteiger charge is -2.17. The van der Waals surface area contributed by atoms with E-state index in [1.807, 2.05) is 12.1 Å². The van der Waals surface area contributed by atoms with Gasteiger partial charge in [-0.3, -0.25) is 9.78 Å². The van der Waals surface area contributed by atoms with Crippen LogP contribution in [0.4, 0.5) is 5.82 Å². The Morgan fingerprint density at radius 2 is 2.10 bits per heavy atom. The van der Waals surface area contributed by atoms with Crippen LogP contribution in [0.1, 0.15) is 6.92 Å². The van der Waals surface area contributed by atoms with Crippen molar-refractivity contribution in [3.8, 4) is 0 Å². The molecule has 6 nitrogen and oxygen atoms in total. The molecule has 3 heterocycles. The molecule has 1 aliphatic heterocycles. The Labute approximate surface area is 116 Å². The molecule has 1 fully saturated rings. The lowest BCUT2D eigenvalue weighted by atomic mass is 9.99. The predicted octanol–water partition coefficient (Wildman–Crippen LogP) is 1.27. The summed E-state index contributed by atoms with van der Waals surface area (Å²) in [5.41, 5.74) is 1.40. The van der Waals surface area contributed by atoms with Crippen molar-refractivity contribution in [1.29, 1.82) is 0 Å². The SMILES string of the molecule is COC(=O)C1CN(c2ccc3nccnc3n2)CC1C. The third-order valence-corrected chi connectivity index (χ3v) is 3.76. The number of carbonyl (C=O) groups is 1. The smallest absolute Gasteiger partial charge is 0.310 e. The highest BCUT2D eigenvalue weighted by molar-refractivity contribution is 5.75. The molecule has 2 aromatic rings. The average molecular weight is 272 g/mol. The minimum atomic E-state index is -0.152. The van der Waals surface area contributed by atoms with E-state index in [1.165, 1.54) is 7.11 Å². The molecule has 0 spiro atoms. The van der Waals surface area contributed by atoms with Crippen molar-refractivity contribution in [1.82, 2.24) is 15.0 Å². The normalized spacial score (nSPS) is 22.2. The third kappa shape index (κ3) is 2.17. The van der Waals surface area contributed by atoms with Crippen molar-refractivity contribution >= 4 is 23.0 Å². The number of methoxy groups -OCH3 is 1. The first-order chi connectivity index (χ1) is 9.69. The van der Waals surface area contributed by atoms with Gasteiger partial charge in [0.2, 0.25) is 0 Å². The lowest BCUT2D eigenvalue weighted by molar-refractivity contribution is -0.145. The fraction of sp³-hybridized carbons (Fsp3) is 0.429. The molecule has 0 amide bonds. The van der Waals surface area contributed by atoms with Crippen LogP contribution in [0.15, 0.2) is 24.5 Å². The van der Waals surface area contributed by atoms with Gasteiger partial charge >= 0.3 is 5.97 Å². The molecule has 1 saturated heterocycles. The zero-order chi connectivity index (χ0) is 14.1. The van der Waals surface area contributed by atoms with E-state index in [2.05, 4.69) is 26.8 Å². The van der Waals surface area contributed by atoms with Gasteiger partial charge in [-0.15, -0.1) is 0 Å². The Hall–Kier alpha value is -2.24. The van der Waals surface area contributed by atoms with Crippen molar-refractivity contribution < 1.29 is 9.53 Å². The van der Waals surface area contributed by atoms with Gasteiger partial charge in [-0.25, -0.2) is 9.97 Å². The lowest BCUT2D eigenvalue weighted by Crippen LogP contribution is -2.24. The van der Waals surface area contributed by atoms with E-state index in [4.69, 9.17) is 4.74 Å². The number of hydrogen-bond donors (Lipinski definition) is 0. The molecule has 20 heavy (non-hydrogen) atoms. The fourth-order valence-electron chi connectivity index (χ4n) is 2.63. The maximum absolute atomic E-state index is 11.7. The molecule has 2 aromatic heterocycles. The molecule has 2 unspecified atom stereocenters. The molecule has 0 bridgehead atoms. The molecule has 3 rings (SSSR count). The van der Waals surface area contributed by atoms with Crippen molar-refractivity contribution in [2.75, 3.05) is 25.1 Å². The van der Waals surface area contributed by atoms with Crippen molar-refractivity contribution in [2.45, 2.75) is 6.92 Å². The minimum Gasteiger partial charge on any atom is -0.469 e.